The molecule has 1 atom stereocenters. The van der Waals surface area contributed by atoms with E-state index in [2.05, 4.69) is 28.1 Å². The topological polar surface area (TPSA) is 35.2 Å². The van der Waals surface area contributed by atoms with Crippen molar-refractivity contribution in [1.29, 1.82) is 0 Å². The highest BCUT2D eigenvalue weighted by Gasteiger charge is 2.13. The molecule has 0 saturated heterocycles. The Morgan fingerprint density at radius 2 is 1.89 bits per heavy atom. The molecule has 0 aromatic heterocycles. The zero-order valence-corrected chi connectivity index (χ0v) is 12.9. The van der Waals surface area contributed by atoms with Crippen molar-refractivity contribution in [3.8, 4) is 5.75 Å². The van der Waals surface area contributed by atoms with Gasteiger partial charge in [0.25, 0.3) is 0 Å². The van der Waals surface area contributed by atoms with Crippen LogP contribution in [0.5, 0.6) is 5.75 Å². The maximum Gasteiger partial charge on any atom is 0.125 e. The van der Waals surface area contributed by atoms with Gasteiger partial charge in [-0.2, -0.15) is 0 Å². The lowest BCUT2D eigenvalue weighted by Gasteiger charge is -2.16. The molecular weight excluding hydrogens is 326 g/mol. The summed E-state index contributed by atoms with van der Waals surface area (Å²) in [5, 5.41) is 0.649. The number of methoxy groups -OCH3 is 1. The smallest absolute Gasteiger partial charge is 0.125 e. The molecule has 2 N–H and O–H groups in total. The summed E-state index contributed by atoms with van der Waals surface area (Å²) in [6, 6.07) is 13.6. The van der Waals surface area contributed by atoms with Gasteiger partial charge in [-0.3, -0.25) is 0 Å². The van der Waals surface area contributed by atoms with Crippen LogP contribution in [-0.4, -0.2) is 7.11 Å². The number of hydrogen-bond donors (Lipinski definition) is 1. The third-order valence-corrected chi connectivity index (χ3v) is 3.73. The van der Waals surface area contributed by atoms with E-state index >= 15 is 0 Å². The van der Waals surface area contributed by atoms with Gasteiger partial charge in [-0.25, -0.2) is 0 Å². The minimum Gasteiger partial charge on any atom is -0.496 e. The molecule has 0 aliphatic heterocycles. The van der Waals surface area contributed by atoms with Crippen LogP contribution >= 0.6 is 27.5 Å². The third-order valence-electron chi connectivity index (χ3n) is 2.96. The second-order valence-corrected chi connectivity index (χ2v) is 5.68. The van der Waals surface area contributed by atoms with Crippen molar-refractivity contribution in [2.75, 3.05) is 7.11 Å². The number of ether oxygens (including phenoxy) is 1. The van der Waals surface area contributed by atoms with E-state index in [9.17, 15) is 0 Å². The maximum absolute atomic E-state index is 6.26. The van der Waals surface area contributed by atoms with Crippen molar-refractivity contribution in [2.24, 2.45) is 5.73 Å². The molecule has 2 aromatic carbocycles. The molecule has 4 heteroatoms. The Kier molecular flexibility index (Phi) is 4.86. The zero-order chi connectivity index (χ0) is 13.8. The summed E-state index contributed by atoms with van der Waals surface area (Å²) in [4.78, 5) is 0. The number of hydrogen-bond acceptors (Lipinski definition) is 2. The van der Waals surface area contributed by atoms with Crippen LogP contribution in [0, 0.1) is 0 Å². The highest BCUT2D eigenvalue weighted by Crippen LogP contribution is 2.29. The van der Waals surface area contributed by atoms with Crippen molar-refractivity contribution in [1.82, 2.24) is 0 Å². The van der Waals surface area contributed by atoms with Crippen LogP contribution in [0.4, 0.5) is 0 Å². The quantitative estimate of drug-likeness (QED) is 0.898. The van der Waals surface area contributed by atoms with Crippen LogP contribution in [0.15, 0.2) is 46.9 Å². The van der Waals surface area contributed by atoms with E-state index in [-0.39, 0.29) is 6.04 Å². The van der Waals surface area contributed by atoms with Crippen LogP contribution in [0.1, 0.15) is 17.2 Å². The van der Waals surface area contributed by atoms with Gasteiger partial charge in [-0.1, -0.05) is 45.7 Å². The Morgan fingerprint density at radius 3 is 2.53 bits per heavy atom. The minimum absolute atomic E-state index is 0.117. The van der Waals surface area contributed by atoms with Crippen LogP contribution in [0.25, 0.3) is 0 Å². The summed E-state index contributed by atoms with van der Waals surface area (Å²) < 4.78 is 6.40. The zero-order valence-electron chi connectivity index (χ0n) is 10.6. The molecule has 0 saturated carbocycles. The molecule has 0 radical (unpaired) electrons. The highest BCUT2D eigenvalue weighted by molar-refractivity contribution is 9.10. The van der Waals surface area contributed by atoms with Crippen molar-refractivity contribution in [3.63, 3.8) is 0 Å². The Balaban J connectivity index is 2.19. The molecular formula is C15H15BrClNO. The Bertz CT molecular complexity index is 557. The molecule has 0 spiro atoms. The van der Waals surface area contributed by atoms with Gasteiger partial charge < -0.3 is 10.5 Å². The van der Waals surface area contributed by atoms with Crippen LogP contribution in [0.2, 0.25) is 5.02 Å². The molecule has 1 unspecified atom stereocenters. The average molecular weight is 341 g/mol. The predicted octanol–water partition coefficient (Wildman–Crippen LogP) is 4.35. The van der Waals surface area contributed by atoms with Gasteiger partial charge in [0.05, 0.1) is 7.11 Å². The van der Waals surface area contributed by atoms with Crippen LogP contribution in [-0.2, 0) is 6.42 Å². The van der Waals surface area contributed by atoms with Crippen molar-refractivity contribution >= 4 is 27.5 Å². The summed E-state index contributed by atoms with van der Waals surface area (Å²) >= 11 is 9.37. The number of nitrogens with two attached hydrogens (primary N) is 1. The summed E-state index contributed by atoms with van der Waals surface area (Å²) in [6.07, 6.45) is 0.755. The Morgan fingerprint density at radius 1 is 1.21 bits per heavy atom. The summed E-state index contributed by atoms with van der Waals surface area (Å²) in [7, 11) is 1.63. The van der Waals surface area contributed by atoms with Gasteiger partial charge in [0.1, 0.15) is 5.75 Å². The van der Waals surface area contributed by atoms with Gasteiger partial charge in [0.2, 0.25) is 0 Å². The lowest BCUT2D eigenvalue weighted by molar-refractivity contribution is 0.405. The average Bonchev–Trinajstić information content (AvgIpc) is 2.41. The number of halogens is 2. The number of benzene rings is 2. The standard InChI is InChI=1S/C15H15BrClNO/c1-19-15-9-12(17)6-7-13(15)14(18)8-10-2-4-11(16)5-3-10/h2-7,9,14H,8,18H2,1H3. The lowest BCUT2D eigenvalue weighted by atomic mass is 9.99. The van der Waals surface area contributed by atoms with E-state index < -0.39 is 0 Å². The summed E-state index contributed by atoms with van der Waals surface area (Å²) in [6.45, 7) is 0. The van der Waals surface area contributed by atoms with Gasteiger partial charge >= 0.3 is 0 Å². The molecule has 0 aliphatic rings. The fraction of sp³-hybridized carbons (Fsp3) is 0.200. The summed E-state index contributed by atoms with van der Waals surface area (Å²) in [5.41, 5.74) is 8.41. The van der Waals surface area contributed by atoms with Gasteiger partial charge in [-0.15, -0.1) is 0 Å². The van der Waals surface area contributed by atoms with Gasteiger partial charge in [0, 0.05) is 21.1 Å². The molecule has 0 aliphatic carbocycles. The minimum atomic E-state index is -0.117. The largest absolute Gasteiger partial charge is 0.496 e. The van der Waals surface area contributed by atoms with E-state index in [0.717, 1.165) is 22.2 Å². The predicted molar refractivity (Wildman–Crippen MR) is 82.8 cm³/mol. The summed E-state index contributed by atoms with van der Waals surface area (Å²) in [5.74, 6) is 0.733. The first-order chi connectivity index (χ1) is 9.10. The Labute approximate surface area is 126 Å². The first-order valence-corrected chi connectivity index (χ1v) is 7.10. The molecule has 19 heavy (non-hydrogen) atoms. The molecule has 0 amide bonds. The van der Waals surface area contributed by atoms with E-state index in [0.29, 0.717) is 5.02 Å². The lowest BCUT2D eigenvalue weighted by Crippen LogP contribution is -2.14. The van der Waals surface area contributed by atoms with Gasteiger partial charge in [-0.05, 0) is 36.2 Å². The second-order valence-electron chi connectivity index (χ2n) is 4.32. The first kappa shape index (κ1) is 14.4. The maximum atomic E-state index is 6.26. The SMILES string of the molecule is COc1cc(Cl)ccc1C(N)Cc1ccc(Br)cc1. The molecule has 2 aromatic rings. The van der Waals surface area contributed by atoms with E-state index in [1.54, 1.807) is 13.2 Å². The first-order valence-electron chi connectivity index (χ1n) is 5.93. The van der Waals surface area contributed by atoms with E-state index in [1.807, 2.05) is 24.3 Å². The highest BCUT2D eigenvalue weighted by atomic mass is 79.9. The van der Waals surface area contributed by atoms with Crippen LogP contribution < -0.4 is 10.5 Å². The van der Waals surface area contributed by atoms with Crippen molar-refractivity contribution in [2.45, 2.75) is 12.5 Å². The fourth-order valence-electron chi connectivity index (χ4n) is 1.98. The molecule has 2 rings (SSSR count). The number of rotatable bonds is 4. The second kappa shape index (κ2) is 6.42. The van der Waals surface area contributed by atoms with E-state index in [4.69, 9.17) is 22.1 Å². The molecule has 100 valence electrons. The van der Waals surface area contributed by atoms with Crippen molar-refractivity contribution in [3.05, 3.63) is 63.1 Å². The monoisotopic (exact) mass is 339 g/mol. The molecule has 0 heterocycles. The molecule has 2 nitrogen and oxygen atoms in total. The van der Waals surface area contributed by atoms with Crippen LogP contribution in [0.3, 0.4) is 0 Å². The Hall–Kier alpha value is -1.03. The van der Waals surface area contributed by atoms with E-state index in [1.165, 1.54) is 5.56 Å². The molecule has 0 fully saturated rings. The van der Waals surface area contributed by atoms with Gasteiger partial charge in [0.15, 0.2) is 0 Å². The fourth-order valence-corrected chi connectivity index (χ4v) is 2.40. The third kappa shape index (κ3) is 3.72. The normalized spacial score (nSPS) is 12.2. The molecule has 0 bridgehead atoms. The van der Waals surface area contributed by atoms with Crippen molar-refractivity contribution < 1.29 is 4.74 Å².